The Bertz CT molecular complexity index is 1170. The van der Waals surface area contributed by atoms with Crippen molar-refractivity contribution in [1.29, 1.82) is 0 Å². The predicted molar refractivity (Wildman–Crippen MR) is 126 cm³/mol. The van der Waals surface area contributed by atoms with Crippen LogP contribution >= 0.6 is 11.8 Å². The van der Waals surface area contributed by atoms with Gasteiger partial charge < -0.3 is 15.4 Å². The van der Waals surface area contributed by atoms with E-state index in [1.165, 1.54) is 11.8 Å². The molecule has 0 bridgehead atoms. The highest BCUT2D eigenvalue weighted by Gasteiger charge is 2.32. The third-order valence-corrected chi connectivity index (χ3v) is 6.67. The lowest BCUT2D eigenvalue weighted by Gasteiger charge is -2.20. The molecule has 1 saturated heterocycles. The minimum Gasteiger partial charge on any atom is -0.443 e. The number of amides is 2. The Balaban J connectivity index is 1.10. The molecular formula is C24H24N4O3S. The van der Waals surface area contributed by atoms with E-state index in [1.54, 1.807) is 4.90 Å². The molecule has 32 heavy (non-hydrogen) atoms. The lowest BCUT2D eigenvalue weighted by molar-refractivity contribution is -0.113. The van der Waals surface area contributed by atoms with E-state index in [-0.39, 0.29) is 18.1 Å². The number of carbonyl (C=O) groups is 2. The molecule has 0 radical (unpaired) electrons. The van der Waals surface area contributed by atoms with E-state index in [2.05, 4.69) is 28.8 Å². The number of thioether (sulfide) groups is 1. The second-order valence-corrected chi connectivity index (χ2v) is 8.95. The molecule has 8 heteroatoms. The van der Waals surface area contributed by atoms with Crippen LogP contribution in [0.15, 0.2) is 59.5 Å². The van der Waals surface area contributed by atoms with E-state index in [0.717, 1.165) is 52.3 Å². The normalized spacial score (nSPS) is 17.9. The first kappa shape index (κ1) is 20.8. The average Bonchev–Trinajstić information content (AvgIpc) is 3.18. The number of rotatable bonds is 7. The molecule has 2 aliphatic rings. The molecule has 1 atom stereocenters. The molecule has 0 spiro atoms. The predicted octanol–water partition coefficient (Wildman–Crippen LogP) is 3.83. The maximum atomic E-state index is 12.4. The zero-order valence-electron chi connectivity index (χ0n) is 17.5. The van der Waals surface area contributed by atoms with Gasteiger partial charge >= 0.3 is 6.09 Å². The van der Waals surface area contributed by atoms with Crippen LogP contribution in [-0.4, -0.2) is 48.5 Å². The quantitative estimate of drug-likeness (QED) is 0.535. The molecule has 2 N–H and O–H groups in total. The number of anilines is 2. The van der Waals surface area contributed by atoms with E-state index in [9.17, 15) is 9.59 Å². The first-order chi connectivity index (χ1) is 15.7. The Morgan fingerprint density at radius 3 is 3.00 bits per heavy atom. The third kappa shape index (κ3) is 4.56. The summed E-state index contributed by atoms with van der Waals surface area (Å²) in [6.45, 7) is 1.91. The lowest BCUT2D eigenvalue weighted by Crippen LogP contribution is -2.31. The number of nitrogens with one attached hydrogen (secondary N) is 2. The van der Waals surface area contributed by atoms with Crippen LogP contribution in [0.5, 0.6) is 0 Å². The van der Waals surface area contributed by atoms with Crippen LogP contribution in [0, 0.1) is 0 Å². The number of fused-ring (bicyclic) bond motifs is 2. The van der Waals surface area contributed by atoms with E-state index < -0.39 is 0 Å². The van der Waals surface area contributed by atoms with Crippen LogP contribution in [0.25, 0.3) is 10.9 Å². The van der Waals surface area contributed by atoms with Gasteiger partial charge in [0.1, 0.15) is 6.10 Å². The van der Waals surface area contributed by atoms with E-state index in [4.69, 9.17) is 9.72 Å². The fraction of sp³-hybridized carbons (Fsp3) is 0.292. The van der Waals surface area contributed by atoms with Crippen LogP contribution < -0.4 is 15.5 Å². The zero-order valence-corrected chi connectivity index (χ0v) is 18.4. The van der Waals surface area contributed by atoms with Crippen molar-refractivity contribution in [2.45, 2.75) is 23.8 Å². The molecular weight excluding hydrogens is 424 g/mol. The molecule has 3 aromatic rings. The molecule has 5 rings (SSSR count). The van der Waals surface area contributed by atoms with E-state index >= 15 is 0 Å². The van der Waals surface area contributed by atoms with Crippen LogP contribution in [0.1, 0.15) is 12.1 Å². The lowest BCUT2D eigenvalue weighted by atomic mass is 10.1. The molecule has 1 fully saturated rings. The standard InChI is InChI=1S/C24H24N4O3S/c29-23-15-32-22-10-9-18(12-21(22)27-23)28-14-19(31-24(28)30)13-25-11-3-5-17-8-7-16-4-1-2-6-20(16)26-17/h1-2,4,6-10,12,19,25H,3,5,11,13-15H2,(H,27,29)/t19-/m0/s1. The molecule has 0 unspecified atom stereocenters. The van der Waals surface area contributed by atoms with Crippen molar-refractivity contribution >= 4 is 46.0 Å². The number of aryl methyl sites for hydroxylation is 1. The van der Waals surface area contributed by atoms with Gasteiger partial charge in [0.25, 0.3) is 0 Å². The average molecular weight is 449 g/mol. The summed E-state index contributed by atoms with van der Waals surface area (Å²) in [5, 5.41) is 7.41. The SMILES string of the molecule is O=C1CSc2ccc(N3C[C@H](CNCCCc4ccc5ccccc5n4)OC3=O)cc2N1. The highest BCUT2D eigenvalue weighted by atomic mass is 32.2. The van der Waals surface area contributed by atoms with Crippen LogP contribution in [0.4, 0.5) is 16.2 Å². The van der Waals surface area contributed by atoms with Gasteiger partial charge in [0.2, 0.25) is 5.91 Å². The van der Waals surface area contributed by atoms with Crippen molar-refractivity contribution in [2.24, 2.45) is 0 Å². The van der Waals surface area contributed by atoms with Gasteiger partial charge in [-0.2, -0.15) is 0 Å². The number of nitrogens with zero attached hydrogens (tertiary/aromatic N) is 2. The van der Waals surface area contributed by atoms with Crippen molar-refractivity contribution < 1.29 is 14.3 Å². The second-order valence-electron chi connectivity index (χ2n) is 7.94. The Hall–Kier alpha value is -3.10. The summed E-state index contributed by atoms with van der Waals surface area (Å²) in [5.74, 6) is 0.396. The second kappa shape index (κ2) is 9.18. The number of aromatic nitrogens is 1. The number of carbonyl (C=O) groups excluding carboxylic acids is 2. The van der Waals surface area contributed by atoms with Gasteiger partial charge in [0, 0.05) is 28.2 Å². The first-order valence-corrected chi connectivity index (χ1v) is 11.7. The Morgan fingerprint density at radius 2 is 2.06 bits per heavy atom. The number of benzene rings is 2. The van der Waals surface area contributed by atoms with Gasteiger partial charge in [-0.05, 0) is 49.7 Å². The fourth-order valence-electron chi connectivity index (χ4n) is 3.98. The molecule has 1 aromatic heterocycles. The van der Waals surface area contributed by atoms with Crippen LogP contribution in [0.2, 0.25) is 0 Å². The van der Waals surface area contributed by atoms with Gasteiger partial charge in [-0.1, -0.05) is 24.3 Å². The maximum Gasteiger partial charge on any atom is 0.414 e. The van der Waals surface area contributed by atoms with Crippen molar-refractivity contribution in [3.05, 3.63) is 60.3 Å². The number of para-hydroxylation sites is 1. The van der Waals surface area contributed by atoms with Crippen LogP contribution in [-0.2, 0) is 16.0 Å². The molecule has 2 aliphatic heterocycles. The van der Waals surface area contributed by atoms with Gasteiger partial charge in [-0.25, -0.2) is 4.79 Å². The smallest absolute Gasteiger partial charge is 0.414 e. The number of ether oxygens (including phenoxy) is 1. The van der Waals surface area contributed by atoms with Crippen molar-refractivity contribution in [2.75, 3.05) is 35.6 Å². The molecule has 0 aliphatic carbocycles. The van der Waals surface area contributed by atoms with Crippen molar-refractivity contribution in [1.82, 2.24) is 10.3 Å². The molecule has 3 heterocycles. The summed E-state index contributed by atoms with van der Waals surface area (Å²) < 4.78 is 5.53. The van der Waals surface area contributed by atoms with Gasteiger partial charge in [0.15, 0.2) is 0 Å². The summed E-state index contributed by atoms with van der Waals surface area (Å²) in [5.41, 5.74) is 3.60. The summed E-state index contributed by atoms with van der Waals surface area (Å²) in [6, 6.07) is 18.0. The minimum absolute atomic E-state index is 0.0235. The first-order valence-electron chi connectivity index (χ1n) is 10.8. The third-order valence-electron chi connectivity index (χ3n) is 5.60. The monoisotopic (exact) mass is 448 g/mol. The Labute approximate surface area is 190 Å². The fourth-order valence-corrected chi connectivity index (χ4v) is 4.77. The molecule has 0 saturated carbocycles. The zero-order chi connectivity index (χ0) is 21.9. The molecule has 2 aromatic carbocycles. The summed E-state index contributed by atoms with van der Waals surface area (Å²) in [4.78, 5) is 31.4. The topological polar surface area (TPSA) is 83.6 Å². The Kier molecular flexibility index (Phi) is 5.96. The highest BCUT2D eigenvalue weighted by molar-refractivity contribution is 8.00. The maximum absolute atomic E-state index is 12.4. The summed E-state index contributed by atoms with van der Waals surface area (Å²) in [6.07, 6.45) is 1.29. The number of hydrogen-bond acceptors (Lipinski definition) is 6. The molecule has 7 nitrogen and oxygen atoms in total. The van der Waals surface area contributed by atoms with Crippen molar-refractivity contribution in [3.8, 4) is 0 Å². The number of hydrogen-bond donors (Lipinski definition) is 2. The van der Waals surface area contributed by atoms with E-state index in [0.29, 0.717) is 18.8 Å². The minimum atomic E-state index is -0.355. The van der Waals surface area contributed by atoms with Gasteiger partial charge in [-0.15, -0.1) is 11.8 Å². The van der Waals surface area contributed by atoms with Crippen LogP contribution in [0.3, 0.4) is 0 Å². The van der Waals surface area contributed by atoms with Gasteiger partial charge in [0.05, 0.1) is 23.5 Å². The summed E-state index contributed by atoms with van der Waals surface area (Å²) >= 11 is 1.50. The number of pyridine rings is 1. The number of cyclic esters (lactones) is 1. The van der Waals surface area contributed by atoms with Gasteiger partial charge in [-0.3, -0.25) is 14.7 Å². The largest absolute Gasteiger partial charge is 0.443 e. The Morgan fingerprint density at radius 1 is 1.16 bits per heavy atom. The molecule has 164 valence electrons. The summed E-state index contributed by atoms with van der Waals surface area (Å²) in [7, 11) is 0. The van der Waals surface area contributed by atoms with E-state index in [1.807, 2.05) is 36.4 Å². The highest BCUT2D eigenvalue weighted by Crippen LogP contribution is 2.35. The molecule has 2 amide bonds. The van der Waals surface area contributed by atoms with Crippen molar-refractivity contribution in [3.63, 3.8) is 0 Å².